The van der Waals surface area contributed by atoms with Crippen molar-refractivity contribution in [2.24, 2.45) is 0 Å². The topological polar surface area (TPSA) is 99.9 Å². The van der Waals surface area contributed by atoms with Gasteiger partial charge in [-0.3, -0.25) is 5.10 Å². The molecule has 0 saturated heterocycles. The molecule has 1 saturated carbocycles. The predicted octanol–water partition coefficient (Wildman–Crippen LogP) is 2.98. The molecule has 0 aliphatic heterocycles. The van der Waals surface area contributed by atoms with Crippen molar-refractivity contribution in [3.05, 3.63) is 24.4 Å². The monoisotopic (exact) mass is 329 g/mol. The van der Waals surface area contributed by atoms with Crippen molar-refractivity contribution in [1.29, 1.82) is 0 Å². The second-order valence-electron chi connectivity index (χ2n) is 6.04. The van der Waals surface area contributed by atoms with Gasteiger partial charge in [0.05, 0.1) is 32.6 Å². The van der Waals surface area contributed by atoms with E-state index in [-0.39, 0.29) is 6.10 Å². The number of fused-ring (bicyclic) bond motifs is 1. The van der Waals surface area contributed by atoms with Gasteiger partial charge in [0.1, 0.15) is 5.82 Å². The van der Waals surface area contributed by atoms with Crippen LogP contribution in [0.1, 0.15) is 25.7 Å². The lowest BCUT2D eigenvalue weighted by Crippen LogP contribution is -2.28. The van der Waals surface area contributed by atoms with Crippen LogP contribution in [0.2, 0.25) is 0 Å². The number of aromatic nitrogens is 3. The Morgan fingerprint density at radius 2 is 2.09 bits per heavy atom. The predicted molar refractivity (Wildman–Crippen MR) is 93.5 cm³/mol. The summed E-state index contributed by atoms with van der Waals surface area (Å²) in [6.07, 6.45) is 5.25. The quantitative estimate of drug-likeness (QED) is 0.592. The van der Waals surface area contributed by atoms with Gasteiger partial charge in [-0.15, -0.1) is 11.3 Å². The number of hydrogen-bond donors (Lipinski definition) is 4. The van der Waals surface area contributed by atoms with Gasteiger partial charge in [-0.2, -0.15) is 5.10 Å². The van der Waals surface area contributed by atoms with Crippen molar-refractivity contribution in [1.82, 2.24) is 15.2 Å². The summed E-state index contributed by atoms with van der Waals surface area (Å²) in [6, 6.07) is 6.27. The van der Waals surface area contributed by atoms with E-state index < -0.39 is 0 Å². The van der Waals surface area contributed by atoms with E-state index in [4.69, 9.17) is 5.73 Å². The largest absolute Gasteiger partial charge is 0.393 e. The van der Waals surface area contributed by atoms with Gasteiger partial charge in [-0.1, -0.05) is 0 Å². The van der Waals surface area contributed by atoms with E-state index in [9.17, 15) is 5.11 Å². The van der Waals surface area contributed by atoms with Crippen LogP contribution in [0.5, 0.6) is 0 Å². The van der Waals surface area contributed by atoms with Crippen LogP contribution >= 0.6 is 11.3 Å². The number of pyridine rings is 1. The van der Waals surface area contributed by atoms with Crippen LogP contribution in [0.25, 0.3) is 20.8 Å². The standard InChI is InChI=1S/C16H19N5OS/c17-15-8-13(19-9-1-3-10(22)4-2-9)16-12(20-15)7-14(23-16)11-5-6-18-21-11/h5-10,22H,1-4H2,(H,18,21)(H3,17,19,20)/t9-,10-. The number of nitrogen functional groups attached to an aromatic ring is 1. The van der Waals surface area contributed by atoms with E-state index in [1.165, 1.54) is 0 Å². The highest BCUT2D eigenvalue weighted by atomic mass is 32.1. The fraction of sp³-hybridized carbons (Fsp3) is 0.375. The Labute approximate surface area is 137 Å². The number of aromatic amines is 1. The van der Waals surface area contributed by atoms with Crippen molar-refractivity contribution in [3.8, 4) is 10.6 Å². The fourth-order valence-corrected chi connectivity index (χ4v) is 4.17. The number of thiophene rings is 1. The van der Waals surface area contributed by atoms with Gasteiger partial charge in [0, 0.05) is 18.3 Å². The van der Waals surface area contributed by atoms with Crippen LogP contribution in [0, 0.1) is 0 Å². The number of hydrogen-bond acceptors (Lipinski definition) is 6. The molecule has 0 spiro atoms. The molecule has 3 aromatic rings. The number of nitrogens with two attached hydrogens (primary N) is 1. The SMILES string of the molecule is Nc1cc(N[C@H]2CC[C@H](O)CC2)c2sc(-c3ccn[nH]3)cc2n1. The Kier molecular flexibility index (Phi) is 3.66. The van der Waals surface area contributed by atoms with E-state index in [0.717, 1.165) is 52.2 Å². The van der Waals surface area contributed by atoms with Crippen LogP contribution in [0.15, 0.2) is 24.4 Å². The number of rotatable bonds is 3. The molecule has 1 aliphatic carbocycles. The Morgan fingerprint density at radius 3 is 2.83 bits per heavy atom. The lowest BCUT2D eigenvalue weighted by molar-refractivity contribution is 0.126. The van der Waals surface area contributed by atoms with Gasteiger partial charge in [0.15, 0.2) is 0 Å². The molecule has 0 amide bonds. The molecule has 3 aromatic heterocycles. The summed E-state index contributed by atoms with van der Waals surface area (Å²) in [5.74, 6) is 0.518. The molecule has 1 aliphatic rings. The van der Waals surface area contributed by atoms with E-state index in [1.54, 1.807) is 17.5 Å². The van der Waals surface area contributed by atoms with E-state index in [0.29, 0.717) is 11.9 Å². The first-order valence-electron chi connectivity index (χ1n) is 7.83. The van der Waals surface area contributed by atoms with Crippen LogP contribution < -0.4 is 11.1 Å². The average molecular weight is 329 g/mol. The highest BCUT2D eigenvalue weighted by molar-refractivity contribution is 7.22. The number of aliphatic hydroxyl groups excluding tert-OH is 1. The van der Waals surface area contributed by atoms with Crippen molar-refractivity contribution >= 4 is 33.1 Å². The summed E-state index contributed by atoms with van der Waals surface area (Å²) in [7, 11) is 0. The van der Waals surface area contributed by atoms with Crippen molar-refractivity contribution in [2.45, 2.75) is 37.8 Å². The lowest BCUT2D eigenvalue weighted by atomic mass is 9.93. The van der Waals surface area contributed by atoms with Gasteiger partial charge in [0.2, 0.25) is 0 Å². The number of H-pyrrole nitrogens is 1. The maximum absolute atomic E-state index is 9.65. The Bertz CT molecular complexity index is 805. The molecule has 120 valence electrons. The summed E-state index contributed by atoms with van der Waals surface area (Å²) in [4.78, 5) is 5.54. The second kappa shape index (κ2) is 5.82. The third-order valence-electron chi connectivity index (χ3n) is 4.32. The molecule has 1 fully saturated rings. The van der Waals surface area contributed by atoms with Gasteiger partial charge < -0.3 is 16.2 Å². The number of anilines is 2. The Morgan fingerprint density at radius 1 is 1.26 bits per heavy atom. The van der Waals surface area contributed by atoms with E-state index in [1.807, 2.05) is 18.2 Å². The fourth-order valence-electron chi connectivity index (χ4n) is 3.12. The van der Waals surface area contributed by atoms with Gasteiger partial charge in [-0.05, 0) is 37.8 Å². The summed E-state index contributed by atoms with van der Waals surface area (Å²) >= 11 is 1.68. The minimum atomic E-state index is -0.149. The zero-order chi connectivity index (χ0) is 15.8. The number of aliphatic hydroxyl groups is 1. The summed E-state index contributed by atoms with van der Waals surface area (Å²) in [5, 5.41) is 20.2. The first kappa shape index (κ1) is 14.5. The molecule has 5 N–H and O–H groups in total. The second-order valence-corrected chi connectivity index (χ2v) is 7.09. The zero-order valence-corrected chi connectivity index (χ0v) is 13.4. The van der Waals surface area contributed by atoms with E-state index >= 15 is 0 Å². The molecular formula is C16H19N5OS. The maximum Gasteiger partial charge on any atom is 0.126 e. The summed E-state index contributed by atoms with van der Waals surface area (Å²) in [6.45, 7) is 0. The molecule has 0 atom stereocenters. The van der Waals surface area contributed by atoms with Crippen LogP contribution in [-0.2, 0) is 0 Å². The molecule has 0 aromatic carbocycles. The Balaban J connectivity index is 1.68. The minimum absolute atomic E-state index is 0.149. The third-order valence-corrected chi connectivity index (χ3v) is 5.51. The molecule has 3 heterocycles. The molecule has 6 nitrogen and oxygen atoms in total. The van der Waals surface area contributed by atoms with Crippen molar-refractivity contribution in [3.63, 3.8) is 0 Å². The highest BCUT2D eigenvalue weighted by Crippen LogP contribution is 2.37. The minimum Gasteiger partial charge on any atom is -0.393 e. The average Bonchev–Trinajstić information content (AvgIpc) is 3.18. The normalized spacial score (nSPS) is 21.6. The zero-order valence-electron chi connectivity index (χ0n) is 12.6. The van der Waals surface area contributed by atoms with Crippen molar-refractivity contribution in [2.75, 3.05) is 11.1 Å². The van der Waals surface area contributed by atoms with Crippen LogP contribution in [0.3, 0.4) is 0 Å². The highest BCUT2D eigenvalue weighted by Gasteiger charge is 2.20. The summed E-state index contributed by atoms with van der Waals surface area (Å²) in [5.41, 5.74) is 8.89. The smallest absolute Gasteiger partial charge is 0.126 e. The molecule has 4 rings (SSSR count). The van der Waals surface area contributed by atoms with Gasteiger partial charge in [0.25, 0.3) is 0 Å². The van der Waals surface area contributed by atoms with E-state index in [2.05, 4.69) is 20.5 Å². The molecule has 0 radical (unpaired) electrons. The number of nitrogens with zero attached hydrogens (tertiary/aromatic N) is 2. The molecule has 0 bridgehead atoms. The Hall–Kier alpha value is -2.12. The van der Waals surface area contributed by atoms with Crippen LogP contribution in [0.4, 0.5) is 11.5 Å². The molecular weight excluding hydrogens is 310 g/mol. The molecule has 23 heavy (non-hydrogen) atoms. The van der Waals surface area contributed by atoms with Gasteiger partial charge >= 0.3 is 0 Å². The maximum atomic E-state index is 9.65. The lowest BCUT2D eigenvalue weighted by Gasteiger charge is -2.27. The van der Waals surface area contributed by atoms with Crippen molar-refractivity contribution < 1.29 is 5.11 Å². The first-order valence-corrected chi connectivity index (χ1v) is 8.65. The summed E-state index contributed by atoms with van der Waals surface area (Å²) < 4.78 is 1.11. The van der Waals surface area contributed by atoms with Gasteiger partial charge in [-0.25, -0.2) is 4.98 Å². The van der Waals surface area contributed by atoms with Crippen LogP contribution in [-0.4, -0.2) is 32.4 Å². The molecule has 0 unspecified atom stereocenters. The third kappa shape index (κ3) is 2.89. The molecule has 7 heteroatoms. The first-order chi connectivity index (χ1) is 11.2. The number of nitrogens with one attached hydrogen (secondary N) is 2.